The van der Waals surface area contributed by atoms with Gasteiger partial charge >= 0.3 is 5.97 Å². The standard InChI is InChI=1S/C35H61NO12/c1-12-23(37)35(10,41)30-18(4)26-16(2)14-34(9,48-26)29(47-32-25(38)22(36)13-17(3)43-32)19(5)27(20(6)31(40)46-30)45-24-15-33(8,42-11)28(39)21(7)44-24/h17-25,27-30,32,37-39,41H,12-15,36H2,1-11H3/t17-,18-,19+,20-,21+,22+,23-,24?,25-,27+,28+,29-,30-,32?,33-,34+,35-/m1/s1. The molecular weight excluding hydrogens is 626 g/mol. The molecule has 13 nitrogen and oxygen atoms in total. The van der Waals surface area contributed by atoms with Gasteiger partial charge in [0.05, 0.1) is 41.9 Å². The van der Waals surface area contributed by atoms with E-state index in [2.05, 4.69) is 0 Å². The summed E-state index contributed by atoms with van der Waals surface area (Å²) in [6.07, 6.45) is -7.80. The van der Waals surface area contributed by atoms with Crippen LogP contribution in [0.25, 0.3) is 0 Å². The molecule has 0 aliphatic carbocycles. The number of ether oxygens (including phenoxy) is 7. The van der Waals surface area contributed by atoms with E-state index in [-0.39, 0.29) is 18.9 Å². The maximum atomic E-state index is 14.2. The second-order valence-corrected chi connectivity index (χ2v) is 15.5. The van der Waals surface area contributed by atoms with Gasteiger partial charge in [-0.1, -0.05) is 20.8 Å². The first-order valence-corrected chi connectivity index (χ1v) is 17.5. The molecular formula is C35H61NO12. The molecule has 0 spiro atoms. The zero-order chi connectivity index (χ0) is 36.1. The predicted octanol–water partition coefficient (Wildman–Crippen LogP) is 2.29. The Bertz CT molecular complexity index is 1170. The lowest BCUT2D eigenvalue weighted by Gasteiger charge is -2.48. The van der Waals surface area contributed by atoms with Crippen molar-refractivity contribution in [3.8, 4) is 0 Å². The van der Waals surface area contributed by atoms with Crippen LogP contribution in [0.1, 0.15) is 94.9 Å². The highest BCUT2D eigenvalue weighted by atomic mass is 16.7. The molecule has 4 heterocycles. The summed E-state index contributed by atoms with van der Waals surface area (Å²) in [5.74, 6) is -2.33. The minimum atomic E-state index is -1.82. The summed E-state index contributed by atoms with van der Waals surface area (Å²) in [5.41, 5.74) is 3.29. The van der Waals surface area contributed by atoms with Crippen molar-refractivity contribution in [1.29, 1.82) is 0 Å². The summed E-state index contributed by atoms with van der Waals surface area (Å²) in [6, 6.07) is -0.575. The number of aliphatic hydroxyl groups is 4. The summed E-state index contributed by atoms with van der Waals surface area (Å²) in [5, 5.41) is 44.6. The van der Waals surface area contributed by atoms with E-state index >= 15 is 0 Å². The number of hydrogen-bond donors (Lipinski definition) is 5. The average Bonchev–Trinajstić information content (AvgIpc) is 3.34. The third-order valence-electron chi connectivity index (χ3n) is 11.3. The van der Waals surface area contributed by atoms with Crippen molar-refractivity contribution in [3.63, 3.8) is 0 Å². The molecule has 13 heteroatoms. The van der Waals surface area contributed by atoms with Gasteiger partial charge in [-0.05, 0) is 66.9 Å². The van der Waals surface area contributed by atoms with Gasteiger partial charge in [0.2, 0.25) is 0 Å². The number of aliphatic hydroxyl groups excluding tert-OH is 3. The molecule has 17 atom stereocenters. The average molecular weight is 688 g/mol. The molecule has 3 saturated heterocycles. The van der Waals surface area contributed by atoms with Gasteiger partial charge in [-0.25, -0.2) is 0 Å². The van der Waals surface area contributed by atoms with Crippen molar-refractivity contribution in [3.05, 3.63) is 11.3 Å². The summed E-state index contributed by atoms with van der Waals surface area (Å²) >= 11 is 0. The number of nitrogens with two attached hydrogens (primary N) is 1. The van der Waals surface area contributed by atoms with Crippen LogP contribution < -0.4 is 5.73 Å². The van der Waals surface area contributed by atoms with Crippen LogP contribution in [0, 0.1) is 17.8 Å². The predicted molar refractivity (Wildman–Crippen MR) is 174 cm³/mol. The summed E-state index contributed by atoms with van der Waals surface area (Å²) < 4.78 is 44.3. The molecule has 0 aromatic heterocycles. The number of fused-ring (bicyclic) bond motifs is 2. The van der Waals surface area contributed by atoms with Gasteiger partial charge in [-0.2, -0.15) is 0 Å². The van der Waals surface area contributed by atoms with E-state index in [4.69, 9.17) is 38.9 Å². The molecule has 0 saturated carbocycles. The van der Waals surface area contributed by atoms with Crippen LogP contribution in [-0.2, 0) is 38.0 Å². The Labute approximate surface area is 285 Å². The quantitative estimate of drug-likeness (QED) is 0.234. The lowest BCUT2D eigenvalue weighted by Crippen LogP contribution is -2.60. The zero-order valence-corrected chi connectivity index (χ0v) is 30.5. The second-order valence-electron chi connectivity index (χ2n) is 15.5. The molecule has 4 aliphatic heterocycles. The number of rotatable bonds is 8. The van der Waals surface area contributed by atoms with E-state index in [1.54, 1.807) is 34.6 Å². The van der Waals surface area contributed by atoms with Crippen molar-refractivity contribution >= 4 is 5.97 Å². The summed E-state index contributed by atoms with van der Waals surface area (Å²) in [6.45, 7) is 17.8. The van der Waals surface area contributed by atoms with Crippen LogP contribution >= 0.6 is 0 Å². The van der Waals surface area contributed by atoms with Gasteiger partial charge in [-0.3, -0.25) is 4.79 Å². The minimum absolute atomic E-state index is 0.165. The fraction of sp³-hybridized carbons (Fsp3) is 0.914. The zero-order valence-electron chi connectivity index (χ0n) is 30.5. The van der Waals surface area contributed by atoms with Gasteiger partial charge in [-0.15, -0.1) is 0 Å². The van der Waals surface area contributed by atoms with Crippen molar-refractivity contribution in [2.24, 2.45) is 23.5 Å². The maximum absolute atomic E-state index is 14.2. The van der Waals surface area contributed by atoms with Crippen LogP contribution in [-0.4, -0.2) is 118 Å². The SMILES string of the molecule is CC[C@@H](O)[C@@](C)(O)[C@@H]1OC(=O)[C@H](C)[C@@H](OC2C[C@@](C)(OC)[C@@H](O)[C@H](C)O2)[C@H](C)[C@@H](OC2O[C@H](C)C[C@H](N)[C@H]2O)[C@]2(C)CC(C)=C(O2)[C@H]1C. The van der Waals surface area contributed by atoms with Crippen LogP contribution in [0.2, 0.25) is 0 Å². The Hall–Kier alpha value is -1.39. The van der Waals surface area contributed by atoms with E-state index in [0.717, 1.165) is 5.57 Å². The molecule has 0 aromatic rings. The van der Waals surface area contributed by atoms with E-state index in [1.807, 2.05) is 27.7 Å². The van der Waals surface area contributed by atoms with Crippen LogP contribution in [0.15, 0.2) is 11.3 Å². The van der Waals surface area contributed by atoms with Crippen LogP contribution in [0.4, 0.5) is 0 Å². The van der Waals surface area contributed by atoms with Crippen molar-refractivity contribution < 1.29 is 58.4 Å². The minimum Gasteiger partial charge on any atom is -0.488 e. The van der Waals surface area contributed by atoms with Gasteiger partial charge in [0.15, 0.2) is 12.6 Å². The van der Waals surface area contributed by atoms with E-state index in [9.17, 15) is 25.2 Å². The summed E-state index contributed by atoms with van der Waals surface area (Å²) in [7, 11) is 1.52. The first-order valence-electron chi connectivity index (χ1n) is 17.5. The Balaban J connectivity index is 1.82. The molecule has 2 bridgehead atoms. The topological polar surface area (TPSA) is 189 Å². The molecule has 2 unspecified atom stereocenters. The smallest absolute Gasteiger partial charge is 0.311 e. The van der Waals surface area contributed by atoms with Crippen LogP contribution in [0.3, 0.4) is 0 Å². The molecule has 0 aromatic carbocycles. The number of carbonyl (C=O) groups excluding carboxylic acids is 1. The van der Waals surface area contributed by atoms with Gasteiger partial charge in [0, 0.05) is 31.9 Å². The second kappa shape index (κ2) is 14.7. The number of esters is 1. The molecule has 278 valence electrons. The Morgan fingerprint density at radius 3 is 2.33 bits per heavy atom. The maximum Gasteiger partial charge on any atom is 0.311 e. The fourth-order valence-electron chi connectivity index (χ4n) is 8.27. The Kier molecular flexibility index (Phi) is 12.1. The molecule has 4 rings (SSSR count). The molecule has 0 amide bonds. The third-order valence-corrected chi connectivity index (χ3v) is 11.3. The highest BCUT2D eigenvalue weighted by Gasteiger charge is 2.56. The lowest BCUT2D eigenvalue weighted by molar-refractivity contribution is -0.313. The number of carbonyl (C=O) groups is 1. The number of hydrogen-bond acceptors (Lipinski definition) is 13. The fourth-order valence-corrected chi connectivity index (χ4v) is 8.27. The molecule has 48 heavy (non-hydrogen) atoms. The first-order chi connectivity index (χ1) is 22.2. The van der Waals surface area contributed by atoms with Gasteiger partial charge in [0.1, 0.15) is 41.4 Å². The number of cyclic esters (lactones) is 1. The van der Waals surface area contributed by atoms with Gasteiger partial charge < -0.3 is 59.3 Å². The van der Waals surface area contributed by atoms with E-state index < -0.39 is 102 Å². The first kappa shape index (κ1) is 39.4. The molecule has 6 N–H and O–H groups in total. The Morgan fingerprint density at radius 1 is 1.08 bits per heavy atom. The van der Waals surface area contributed by atoms with Crippen LogP contribution in [0.5, 0.6) is 0 Å². The number of methoxy groups -OCH3 is 1. The third kappa shape index (κ3) is 7.46. The highest BCUT2D eigenvalue weighted by molar-refractivity contribution is 5.73. The van der Waals surface area contributed by atoms with Crippen molar-refractivity contribution in [2.45, 2.75) is 179 Å². The highest BCUT2D eigenvalue weighted by Crippen LogP contribution is 2.48. The largest absolute Gasteiger partial charge is 0.488 e. The van der Waals surface area contributed by atoms with Gasteiger partial charge in [0.25, 0.3) is 0 Å². The molecule has 3 fully saturated rings. The normalized spacial score (nSPS) is 47.8. The monoisotopic (exact) mass is 687 g/mol. The Morgan fingerprint density at radius 2 is 1.73 bits per heavy atom. The van der Waals surface area contributed by atoms with Crippen molar-refractivity contribution in [2.75, 3.05) is 7.11 Å². The lowest BCUT2D eigenvalue weighted by atomic mass is 9.78. The molecule has 0 radical (unpaired) electrons. The molecule has 4 aliphatic rings. The summed E-state index contributed by atoms with van der Waals surface area (Å²) in [4.78, 5) is 14.2. The van der Waals surface area contributed by atoms with E-state index in [1.165, 1.54) is 14.0 Å². The van der Waals surface area contributed by atoms with E-state index in [0.29, 0.717) is 18.6 Å². The van der Waals surface area contributed by atoms with Crippen molar-refractivity contribution in [1.82, 2.24) is 0 Å².